The summed E-state index contributed by atoms with van der Waals surface area (Å²) in [6.07, 6.45) is 0.816. The van der Waals surface area contributed by atoms with Crippen molar-refractivity contribution in [1.29, 1.82) is 0 Å². The molecule has 0 bridgehead atoms. The van der Waals surface area contributed by atoms with E-state index in [1.165, 1.54) is 25.0 Å². The zero-order chi connectivity index (χ0) is 21.3. The minimum Gasteiger partial charge on any atom is -0.406 e. The molecule has 0 saturated heterocycles. The van der Waals surface area contributed by atoms with E-state index in [1.807, 2.05) is 6.07 Å². The molecule has 4 rings (SSSR count). The highest BCUT2D eigenvalue weighted by Crippen LogP contribution is 2.31. The van der Waals surface area contributed by atoms with Gasteiger partial charge in [-0.3, -0.25) is 0 Å². The number of halogens is 3. The smallest absolute Gasteiger partial charge is 0.406 e. The molecule has 1 fully saturated rings. The molecule has 2 heterocycles. The lowest BCUT2D eigenvalue weighted by atomic mass is 9.99. The van der Waals surface area contributed by atoms with Crippen LogP contribution in [0, 0.1) is 0 Å². The molecule has 30 heavy (non-hydrogen) atoms. The molecule has 1 aliphatic heterocycles. The average Bonchev–Trinajstić information content (AvgIpc) is 3.19. The van der Waals surface area contributed by atoms with Crippen molar-refractivity contribution in [2.75, 3.05) is 16.8 Å². The van der Waals surface area contributed by atoms with Crippen LogP contribution in [0.2, 0.25) is 0 Å². The number of aromatic nitrogens is 2. The Labute approximate surface area is 174 Å². The molecule has 0 radical (unpaired) electrons. The second kappa shape index (κ2) is 8.32. The van der Waals surface area contributed by atoms with Crippen LogP contribution in [-0.4, -0.2) is 28.9 Å². The van der Waals surface area contributed by atoms with Gasteiger partial charge in [0.1, 0.15) is 23.2 Å². The number of anilines is 2. The fourth-order valence-corrected chi connectivity index (χ4v) is 4.15. The lowest BCUT2D eigenvalue weighted by Gasteiger charge is -2.31. The van der Waals surface area contributed by atoms with Crippen molar-refractivity contribution in [3.63, 3.8) is 0 Å². The van der Waals surface area contributed by atoms with Gasteiger partial charge in [-0.1, -0.05) is 32.8 Å². The fourth-order valence-electron chi connectivity index (χ4n) is 4.15. The Kier molecular flexibility index (Phi) is 5.75. The van der Waals surface area contributed by atoms with Crippen LogP contribution in [0.4, 0.5) is 24.8 Å². The molecule has 2 aliphatic rings. The molecule has 1 saturated carbocycles. The van der Waals surface area contributed by atoms with E-state index in [9.17, 15) is 13.2 Å². The molecule has 2 aromatic rings. The molecule has 1 N–H and O–H groups in total. The van der Waals surface area contributed by atoms with E-state index in [2.05, 4.69) is 28.8 Å². The van der Waals surface area contributed by atoms with Crippen LogP contribution in [0.1, 0.15) is 62.4 Å². The van der Waals surface area contributed by atoms with Gasteiger partial charge in [0.2, 0.25) is 0 Å². The number of nitrogens with one attached hydrogen (secondary N) is 1. The van der Waals surface area contributed by atoms with Gasteiger partial charge in [0, 0.05) is 31.1 Å². The summed E-state index contributed by atoms with van der Waals surface area (Å²) in [7, 11) is 0. The summed E-state index contributed by atoms with van der Waals surface area (Å²) in [5.41, 5.74) is 1.88. The molecule has 1 aromatic heterocycles. The highest BCUT2D eigenvalue weighted by atomic mass is 19.4. The van der Waals surface area contributed by atoms with Crippen molar-refractivity contribution < 1.29 is 17.9 Å². The minimum absolute atomic E-state index is 0.179. The Hall–Kier alpha value is -2.51. The minimum atomic E-state index is -4.69. The predicted molar refractivity (Wildman–Crippen MR) is 110 cm³/mol. The van der Waals surface area contributed by atoms with Gasteiger partial charge in [0.05, 0.1) is 0 Å². The molecule has 1 aromatic carbocycles. The van der Waals surface area contributed by atoms with Crippen LogP contribution in [0.3, 0.4) is 0 Å². The Morgan fingerprint density at radius 3 is 2.57 bits per heavy atom. The molecule has 5 nitrogen and oxygen atoms in total. The molecule has 8 heteroatoms. The lowest BCUT2D eigenvalue weighted by molar-refractivity contribution is -0.274. The fraction of sp³-hybridized carbons (Fsp3) is 0.545. The summed E-state index contributed by atoms with van der Waals surface area (Å²) in [6.45, 7) is 5.36. The number of ether oxygens (including phenoxy) is 1. The second-order valence-electron chi connectivity index (χ2n) is 8.40. The van der Waals surface area contributed by atoms with Crippen molar-refractivity contribution in [3.05, 3.63) is 41.2 Å². The van der Waals surface area contributed by atoms with Gasteiger partial charge in [0.25, 0.3) is 0 Å². The van der Waals surface area contributed by atoms with Gasteiger partial charge in [-0.15, -0.1) is 13.2 Å². The predicted octanol–water partition coefficient (Wildman–Crippen LogP) is 5.42. The van der Waals surface area contributed by atoms with Crippen molar-refractivity contribution in [1.82, 2.24) is 9.97 Å². The average molecular weight is 420 g/mol. The molecule has 0 unspecified atom stereocenters. The highest BCUT2D eigenvalue weighted by Gasteiger charge is 2.31. The lowest BCUT2D eigenvalue weighted by Crippen LogP contribution is -2.32. The van der Waals surface area contributed by atoms with Crippen LogP contribution in [-0.2, 0) is 13.0 Å². The zero-order valence-corrected chi connectivity index (χ0v) is 17.3. The Morgan fingerprint density at radius 2 is 1.87 bits per heavy atom. The normalized spacial score (nSPS) is 17.3. The monoisotopic (exact) mass is 420 g/mol. The van der Waals surface area contributed by atoms with E-state index >= 15 is 0 Å². The Bertz CT molecular complexity index is 894. The summed E-state index contributed by atoms with van der Waals surface area (Å²) in [5, 5.41) is 3.55. The summed E-state index contributed by atoms with van der Waals surface area (Å²) >= 11 is 0. The first kappa shape index (κ1) is 20.8. The van der Waals surface area contributed by atoms with E-state index in [0.717, 1.165) is 54.4 Å². The SMILES string of the molecule is CC(C)c1nc(NC2CCCC2)cc(N2CCc3ccc(OC(F)(F)F)cc3C2)n1. The van der Waals surface area contributed by atoms with Crippen LogP contribution >= 0.6 is 0 Å². The van der Waals surface area contributed by atoms with Gasteiger partial charge in [-0.25, -0.2) is 9.97 Å². The third-order valence-electron chi connectivity index (χ3n) is 5.70. The maximum Gasteiger partial charge on any atom is 0.573 e. The van der Waals surface area contributed by atoms with Gasteiger partial charge in [-0.05, 0) is 42.5 Å². The summed E-state index contributed by atoms with van der Waals surface area (Å²) in [6, 6.07) is 6.99. The number of nitrogens with zero attached hydrogens (tertiary/aromatic N) is 3. The first-order valence-corrected chi connectivity index (χ1v) is 10.5. The van der Waals surface area contributed by atoms with E-state index in [-0.39, 0.29) is 11.7 Å². The van der Waals surface area contributed by atoms with Crippen molar-refractivity contribution in [3.8, 4) is 5.75 Å². The zero-order valence-electron chi connectivity index (χ0n) is 17.3. The maximum atomic E-state index is 12.6. The Morgan fingerprint density at radius 1 is 1.10 bits per heavy atom. The van der Waals surface area contributed by atoms with E-state index in [4.69, 9.17) is 9.97 Å². The van der Waals surface area contributed by atoms with Crippen LogP contribution < -0.4 is 15.0 Å². The topological polar surface area (TPSA) is 50.3 Å². The molecule has 0 spiro atoms. The van der Waals surface area contributed by atoms with Gasteiger partial charge in [-0.2, -0.15) is 0 Å². The standard InChI is InChI=1S/C22H27F3N4O/c1-14(2)21-27-19(26-17-5-3-4-6-17)12-20(28-21)29-10-9-15-7-8-18(11-16(15)13-29)30-22(23,24)25/h7-8,11-12,14,17H,3-6,9-10,13H2,1-2H3,(H,26,27,28). The van der Waals surface area contributed by atoms with E-state index in [0.29, 0.717) is 12.6 Å². The number of fused-ring (bicyclic) bond motifs is 1. The first-order valence-electron chi connectivity index (χ1n) is 10.5. The number of alkyl halides is 3. The number of benzene rings is 1. The summed E-state index contributed by atoms with van der Waals surface area (Å²) < 4.78 is 41.9. The molecule has 0 atom stereocenters. The van der Waals surface area contributed by atoms with Crippen molar-refractivity contribution in [2.24, 2.45) is 0 Å². The number of hydrogen-bond donors (Lipinski definition) is 1. The van der Waals surface area contributed by atoms with Crippen molar-refractivity contribution >= 4 is 11.6 Å². The molecule has 0 amide bonds. The summed E-state index contributed by atoms with van der Waals surface area (Å²) in [4.78, 5) is 11.5. The van der Waals surface area contributed by atoms with Gasteiger partial charge < -0.3 is 15.0 Å². The first-order chi connectivity index (χ1) is 14.3. The van der Waals surface area contributed by atoms with Crippen LogP contribution in [0.25, 0.3) is 0 Å². The quantitative estimate of drug-likeness (QED) is 0.700. The van der Waals surface area contributed by atoms with Crippen molar-refractivity contribution in [2.45, 2.75) is 70.8 Å². The molecule has 1 aliphatic carbocycles. The number of hydrogen-bond acceptors (Lipinski definition) is 5. The second-order valence-corrected chi connectivity index (χ2v) is 8.40. The van der Waals surface area contributed by atoms with Gasteiger partial charge in [0.15, 0.2) is 0 Å². The van der Waals surface area contributed by atoms with Crippen LogP contribution in [0.5, 0.6) is 5.75 Å². The van der Waals surface area contributed by atoms with Crippen LogP contribution in [0.15, 0.2) is 24.3 Å². The molecular formula is C22H27F3N4O. The third kappa shape index (κ3) is 4.96. The summed E-state index contributed by atoms with van der Waals surface area (Å²) in [5.74, 6) is 2.40. The Balaban J connectivity index is 1.58. The van der Waals surface area contributed by atoms with E-state index < -0.39 is 6.36 Å². The van der Waals surface area contributed by atoms with E-state index in [1.54, 1.807) is 6.07 Å². The third-order valence-corrected chi connectivity index (χ3v) is 5.70. The highest BCUT2D eigenvalue weighted by molar-refractivity contribution is 5.53. The number of rotatable bonds is 5. The molecular weight excluding hydrogens is 393 g/mol. The largest absolute Gasteiger partial charge is 0.573 e. The maximum absolute atomic E-state index is 12.6. The van der Waals surface area contributed by atoms with Gasteiger partial charge >= 0.3 is 6.36 Å². The molecule has 162 valence electrons.